The van der Waals surface area contributed by atoms with Gasteiger partial charge in [-0.3, -0.25) is 4.79 Å². The highest BCUT2D eigenvalue weighted by Gasteiger charge is 2.20. The molecular weight excluding hydrogens is 200 g/mol. The zero-order valence-corrected chi connectivity index (χ0v) is 9.62. The molecule has 1 amide bonds. The zero-order chi connectivity index (χ0) is 11.4. The molecule has 0 atom stereocenters. The molecule has 3 nitrogen and oxygen atoms in total. The number of benzene rings is 1. The van der Waals surface area contributed by atoms with Crippen molar-refractivity contribution in [3.8, 4) is 0 Å². The van der Waals surface area contributed by atoms with Gasteiger partial charge in [-0.25, -0.2) is 0 Å². The van der Waals surface area contributed by atoms with Crippen LogP contribution >= 0.6 is 0 Å². The van der Waals surface area contributed by atoms with Gasteiger partial charge in [0.15, 0.2) is 0 Å². The summed E-state index contributed by atoms with van der Waals surface area (Å²) >= 11 is 0. The maximum Gasteiger partial charge on any atom is 0.251 e. The molecule has 1 saturated carbocycles. The van der Waals surface area contributed by atoms with Gasteiger partial charge in [0.1, 0.15) is 0 Å². The van der Waals surface area contributed by atoms with E-state index in [0.29, 0.717) is 0 Å². The van der Waals surface area contributed by atoms with Gasteiger partial charge in [-0.05, 0) is 36.6 Å². The van der Waals surface area contributed by atoms with Gasteiger partial charge in [-0.2, -0.15) is 0 Å². The van der Waals surface area contributed by atoms with Gasteiger partial charge in [0.05, 0.1) is 0 Å². The minimum absolute atomic E-state index is 0.0308. The molecule has 0 aromatic heterocycles. The Bertz CT molecular complexity index is 355. The molecule has 16 heavy (non-hydrogen) atoms. The molecule has 0 unspecified atom stereocenters. The quantitative estimate of drug-likeness (QED) is 0.796. The van der Waals surface area contributed by atoms with Crippen LogP contribution in [-0.4, -0.2) is 19.5 Å². The lowest BCUT2D eigenvalue weighted by Crippen LogP contribution is -2.24. The summed E-state index contributed by atoms with van der Waals surface area (Å²) < 4.78 is 0. The molecule has 1 aliphatic rings. The minimum atomic E-state index is 0.0308. The fourth-order valence-electron chi connectivity index (χ4n) is 1.69. The standard InChI is InChI=1S/C13H18N2O/c1-14-12-6-4-11(5-7-12)13(16)15-9-8-10-2-3-10/h4-7,10,14H,2-3,8-9H2,1H3,(H,15,16). The summed E-state index contributed by atoms with van der Waals surface area (Å²) in [5.41, 5.74) is 1.75. The first-order valence-corrected chi connectivity index (χ1v) is 5.85. The van der Waals surface area contributed by atoms with Gasteiger partial charge >= 0.3 is 0 Å². The van der Waals surface area contributed by atoms with E-state index in [9.17, 15) is 4.79 Å². The second kappa shape index (κ2) is 5.01. The summed E-state index contributed by atoms with van der Waals surface area (Å²) in [6.45, 7) is 0.803. The molecule has 0 radical (unpaired) electrons. The Morgan fingerprint density at radius 3 is 2.56 bits per heavy atom. The Morgan fingerprint density at radius 2 is 2.00 bits per heavy atom. The molecule has 0 saturated heterocycles. The average molecular weight is 218 g/mol. The molecular formula is C13H18N2O. The van der Waals surface area contributed by atoms with Gasteiger partial charge in [0.25, 0.3) is 5.91 Å². The van der Waals surface area contributed by atoms with Crippen LogP contribution in [0.5, 0.6) is 0 Å². The number of hydrogen-bond acceptors (Lipinski definition) is 2. The van der Waals surface area contributed by atoms with Crippen LogP contribution in [0.4, 0.5) is 5.69 Å². The van der Waals surface area contributed by atoms with Crippen LogP contribution in [0.25, 0.3) is 0 Å². The van der Waals surface area contributed by atoms with E-state index in [0.717, 1.165) is 30.1 Å². The van der Waals surface area contributed by atoms with Crippen molar-refractivity contribution in [3.63, 3.8) is 0 Å². The predicted molar refractivity (Wildman–Crippen MR) is 65.7 cm³/mol. The van der Waals surface area contributed by atoms with Gasteiger partial charge < -0.3 is 10.6 Å². The predicted octanol–water partition coefficient (Wildman–Crippen LogP) is 2.26. The van der Waals surface area contributed by atoms with Crippen molar-refractivity contribution in [2.75, 3.05) is 18.9 Å². The summed E-state index contributed by atoms with van der Waals surface area (Å²) in [4.78, 5) is 11.7. The SMILES string of the molecule is CNc1ccc(C(=O)NCCC2CC2)cc1. The summed E-state index contributed by atoms with van der Waals surface area (Å²) in [6, 6.07) is 7.52. The van der Waals surface area contributed by atoms with E-state index in [-0.39, 0.29) is 5.91 Å². The van der Waals surface area contributed by atoms with Gasteiger partial charge in [-0.15, -0.1) is 0 Å². The van der Waals surface area contributed by atoms with Gasteiger partial charge in [-0.1, -0.05) is 12.8 Å². The maximum atomic E-state index is 11.7. The molecule has 2 N–H and O–H groups in total. The number of amides is 1. The maximum absolute atomic E-state index is 11.7. The molecule has 2 rings (SSSR count). The lowest BCUT2D eigenvalue weighted by Gasteiger charge is -2.05. The first kappa shape index (κ1) is 11.0. The van der Waals surface area contributed by atoms with Crippen molar-refractivity contribution in [1.29, 1.82) is 0 Å². The van der Waals surface area contributed by atoms with E-state index in [2.05, 4.69) is 10.6 Å². The van der Waals surface area contributed by atoms with E-state index in [1.807, 2.05) is 31.3 Å². The largest absolute Gasteiger partial charge is 0.388 e. The summed E-state index contributed by atoms with van der Waals surface area (Å²) in [5, 5.41) is 5.98. The second-order valence-electron chi connectivity index (χ2n) is 4.32. The second-order valence-corrected chi connectivity index (χ2v) is 4.32. The minimum Gasteiger partial charge on any atom is -0.388 e. The summed E-state index contributed by atoms with van der Waals surface area (Å²) in [5.74, 6) is 0.898. The Hall–Kier alpha value is -1.51. The molecule has 0 spiro atoms. The van der Waals surface area contributed by atoms with Crippen molar-refractivity contribution in [1.82, 2.24) is 5.32 Å². The molecule has 1 aromatic rings. The molecule has 1 fully saturated rings. The Kier molecular flexibility index (Phi) is 3.44. The number of rotatable bonds is 5. The van der Waals surface area contributed by atoms with Crippen LogP contribution in [0.3, 0.4) is 0 Å². The summed E-state index contributed by atoms with van der Waals surface area (Å²) in [7, 11) is 1.87. The smallest absolute Gasteiger partial charge is 0.251 e. The number of carbonyl (C=O) groups excluding carboxylic acids is 1. The highest BCUT2D eigenvalue weighted by Crippen LogP contribution is 2.31. The number of nitrogens with one attached hydrogen (secondary N) is 2. The Balaban J connectivity index is 1.81. The molecule has 1 aliphatic carbocycles. The van der Waals surface area contributed by atoms with Crippen molar-refractivity contribution in [2.24, 2.45) is 5.92 Å². The highest BCUT2D eigenvalue weighted by molar-refractivity contribution is 5.94. The van der Waals surface area contributed by atoms with Crippen LogP contribution in [0.2, 0.25) is 0 Å². The van der Waals surface area contributed by atoms with Crippen LogP contribution in [0.15, 0.2) is 24.3 Å². The zero-order valence-electron chi connectivity index (χ0n) is 9.62. The molecule has 3 heteroatoms. The lowest BCUT2D eigenvalue weighted by atomic mass is 10.2. The first-order chi connectivity index (χ1) is 7.79. The third-order valence-corrected chi connectivity index (χ3v) is 2.97. The number of anilines is 1. The fourth-order valence-corrected chi connectivity index (χ4v) is 1.69. The van der Waals surface area contributed by atoms with Crippen LogP contribution < -0.4 is 10.6 Å². The molecule has 0 aliphatic heterocycles. The van der Waals surface area contributed by atoms with Gasteiger partial charge in [0.2, 0.25) is 0 Å². The van der Waals surface area contributed by atoms with Crippen LogP contribution in [-0.2, 0) is 0 Å². The van der Waals surface area contributed by atoms with Crippen LogP contribution in [0.1, 0.15) is 29.6 Å². The van der Waals surface area contributed by atoms with E-state index in [4.69, 9.17) is 0 Å². The van der Waals surface area contributed by atoms with Crippen molar-refractivity contribution in [3.05, 3.63) is 29.8 Å². The van der Waals surface area contributed by atoms with E-state index >= 15 is 0 Å². The third-order valence-electron chi connectivity index (χ3n) is 2.97. The molecule has 0 heterocycles. The monoisotopic (exact) mass is 218 g/mol. The lowest BCUT2D eigenvalue weighted by molar-refractivity contribution is 0.0952. The van der Waals surface area contributed by atoms with E-state index in [1.54, 1.807) is 0 Å². The van der Waals surface area contributed by atoms with Crippen molar-refractivity contribution < 1.29 is 4.79 Å². The third kappa shape index (κ3) is 2.99. The van der Waals surface area contributed by atoms with E-state index in [1.165, 1.54) is 12.8 Å². The molecule has 86 valence electrons. The number of carbonyl (C=O) groups is 1. The fraction of sp³-hybridized carbons (Fsp3) is 0.462. The molecule has 0 bridgehead atoms. The van der Waals surface area contributed by atoms with Crippen LogP contribution in [0, 0.1) is 5.92 Å². The Labute approximate surface area is 96.2 Å². The first-order valence-electron chi connectivity index (χ1n) is 5.85. The van der Waals surface area contributed by atoms with Crippen molar-refractivity contribution in [2.45, 2.75) is 19.3 Å². The average Bonchev–Trinajstić information content (AvgIpc) is 3.13. The normalized spacial score (nSPS) is 14.6. The topological polar surface area (TPSA) is 41.1 Å². The van der Waals surface area contributed by atoms with E-state index < -0.39 is 0 Å². The van der Waals surface area contributed by atoms with Gasteiger partial charge in [0, 0.05) is 24.8 Å². The molecule has 1 aromatic carbocycles. The number of hydrogen-bond donors (Lipinski definition) is 2. The summed E-state index contributed by atoms with van der Waals surface area (Å²) in [6.07, 6.45) is 3.81. The highest BCUT2D eigenvalue weighted by atomic mass is 16.1. The van der Waals surface area contributed by atoms with Crippen molar-refractivity contribution >= 4 is 11.6 Å². The Morgan fingerprint density at radius 1 is 1.31 bits per heavy atom.